The maximum Gasteiger partial charge on any atom is 0.244 e. The van der Waals surface area contributed by atoms with Crippen LogP contribution in [0.25, 0.3) is 17.2 Å². The number of carbonyl (C=O) groups is 1. The molecule has 4 heterocycles. The van der Waals surface area contributed by atoms with Gasteiger partial charge >= 0.3 is 0 Å². The quantitative estimate of drug-likeness (QED) is 0.689. The molecule has 1 aliphatic heterocycles. The summed E-state index contributed by atoms with van der Waals surface area (Å²) in [7, 11) is 0. The average molecular weight is 397 g/mol. The second kappa shape index (κ2) is 8.00. The van der Waals surface area contributed by atoms with Crippen LogP contribution in [-0.2, 0) is 16.1 Å². The molecule has 1 N–H and O–H groups in total. The summed E-state index contributed by atoms with van der Waals surface area (Å²) in [6.07, 6.45) is 8.31. The van der Waals surface area contributed by atoms with Crippen LogP contribution in [0.15, 0.2) is 31.1 Å². The predicted octanol–water partition coefficient (Wildman–Crippen LogP) is 1.21. The summed E-state index contributed by atoms with van der Waals surface area (Å²) in [6.45, 7) is 6.38. The van der Waals surface area contributed by atoms with Crippen LogP contribution in [0, 0.1) is 0 Å². The highest BCUT2D eigenvalue weighted by Gasteiger charge is 2.21. The van der Waals surface area contributed by atoms with Gasteiger partial charge in [-0.05, 0) is 5.92 Å². The minimum Gasteiger partial charge on any atom is -0.493 e. The number of nitrogens with zero attached hydrogens (tertiary/aromatic N) is 7. The number of morpholine rings is 1. The molecule has 0 aliphatic carbocycles. The van der Waals surface area contributed by atoms with Crippen LogP contribution in [0.4, 0.5) is 0 Å². The van der Waals surface area contributed by atoms with E-state index in [1.165, 1.54) is 0 Å². The molecule has 0 saturated carbocycles. The van der Waals surface area contributed by atoms with Gasteiger partial charge < -0.3 is 14.7 Å². The summed E-state index contributed by atoms with van der Waals surface area (Å²) >= 11 is 0. The molecule has 4 rings (SSSR count). The lowest BCUT2D eigenvalue weighted by Crippen LogP contribution is -2.42. The van der Waals surface area contributed by atoms with Crippen molar-refractivity contribution >= 4 is 5.91 Å². The van der Waals surface area contributed by atoms with E-state index in [0.29, 0.717) is 49.1 Å². The number of aromatic hydroxyl groups is 1. The summed E-state index contributed by atoms with van der Waals surface area (Å²) in [5.74, 6) is 0.235. The summed E-state index contributed by atoms with van der Waals surface area (Å²) in [5, 5.41) is 14.9. The zero-order valence-electron chi connectivity index (χ0n) is 16.4. The van der Waals surface area contributed by atoms with Gasteiger partial charge in [0.05, 0.1) is 25.1 Å². The molecule has 1 amide bonds. The Morgan fingerprint density at radius 3 is 2.76 bits per heavy atom. The third-order valence-electron chi connectivity index (χ3n) is 4.79. The van der Waals surface area contributed by atoms with E-state index in [-0.39, 0.29) is 24.2 Å². The smallest absolute Gasteiger partial charge is 0.244 e. The zero-order valence-corrected chi connectivity index (χ0v) is 16.4. The summed E-state index contributed by atoms with van der Waals surface area (Å²) in [6, 6.07) is 0. The molecular weight excluding hydrogens is 374 g/mol. The van der Waals surface area contributed by atoms with E-state index < -0.39 is 0 Å². The second-order valence-electron chi connectivity index (χ2n) is 7.15. The fourth-order valence-electron chi connectivity index (χ4n) is 3.31. The maximum absolute atomic E-state index is 12.5. The molecule has 3 aromatic heterocycles. The fraction of sp³-hybridized carbons (Fsp3) is 0.421. The number of amides is 1. The lowest BCUT2D eigenvalue weighted by atomic mass is 9.99. The maximum atomic E-state index is 12.5. The third-order valence-corrected chi connectivity index (χ3v) is 4.79. The standard InChI is InChI=1S/C19H23N7O3/c1-13(2)16-17(22-19(23-18(16)28)25-4-3-20-12-25)14-9-21-26(10-14)11-15(27)24-5-7-29-8-6-24/h3-4,9-10,12-13H,5-8,11H2,1-2H3,(H,22,23,28). The number of ether oxygens (including phenoxy) is 1. The van der Waals surface area contributed by atoms with Crippen LogP contribution in [-0.4, -0.2) is 71.5 Å². The number of hydrogen-bond acceptors (Lipinski definition) is 7. The molecule has 1 fully saturated rings. The molecule has 0 radical (unpaired) electrons. The van der Waals surface area contributed by atoms with Gasteiger partial charge in [0.2, 0.25) is 17.7 Å². The zero-order chi connectivity index (χ0) is 20.4. The number of aromatic nitrogens is 6. The molecule has 152 valence electrons. The monoisotopic (exact) mass is 397 g/mol. The number of imidazole rings is 1. The fourth-order valence-corrected chi connectivity index (χ4v) is 3.31. The first-order valence-electron chi connectivity index (χ1n) is 9.50. The lowest BCUT2D eigenvalue weighted by Gasteiger charge is -2.26. The van der Waals surface area contributed by atoms with Crippen molar-refractivity contribution in [2.75, 3.05) is 26.3 Å². The Morgan fingerprint density at radius 2 is 2.07 bits per heavy atom. The van der Waals surface area contributed by atoms with E-state index in [1.807, 2.05) is 13.8 Å². The molecule has 0 spiro atoms. The Morgan fingerprint density at radius 1 is 1.28 bits per heavy atom. The van der Waals surface area contributed by atoms with Crippen molar-refractivity contribution in [2.24, 2.45) is 0 Å². The van der Waals surface area contributed by atoms with Gasteiger partial charge in [-0.25, -0.2) is 9.97 Å². The van der Waals surface area contributed by atoms with E-state index in [2.05, 4.69) is 20.1 Å². The highest BCUT2D eigenvalue weighted by atomic mass is 16.5. The summed E-state index contributed by atoms with van der Waals surface area (Å²) in [4.78, 5) is 27.1. The van der Waals surface area contributed by atoms with Crippen molar-refractivity contribution in [2.45, 2.75) is 26.3 Å². The Bertz CT molecular complexity index is 991. The Balaban J connectivity index is 1.64. The minimum absolute atomic E-state index is 0.000157. The minimum atomic E-state index is -0.0779. The van der Waals surface area contributed by atoms with Gasteiger partial charge in [-0.15, -0.1) is 0 Å². The molecule has 3 aromatic rings. The van der Waals surface area contributed by atoms with Gasteiger partial charge in [-0.3, -0.25) is 14.0 Å². The Labute approximate surface area is 167 Å². The average Bonchev–Trinajstić information content (AvgIpc) is 3.40. The van der Waals surface area contributed by atoms with Gasteiger partial charge in [0.1, 0.15) is 12.9 Å². The van der Waals surface area contributed by atoms with Gasteiger partial charge in [0, 0.05) is 42.8 Å². The van der Waals surface area contributed by atoms with Crippen LogP contribution < -0.4 is 0 Å². The van der Waals surface area contributed by atoms with Gasteiger partial charge in [-0.2, -0.15) is 10.1 Å². The predicted molar refractivity (Wildman–Crippen MR) is 104 cm³/mol. The molecule has 0 unspecified atom stereocenters. The largest absolute Gasteiger partial charge is 0.493 e. The van der Waals surface area contributed by atoms with Crippen LogP contribution in [0.3, 0.4) is 0 Å². The topological polar surface area (TPSA) is 111 Å². The van der Waals surface area contributed by atoms with Gasteiger partial charge in [0.25, 0.3) is 0 Å². The molecule has 0 aromatic carbocycles. The molecule has 10 nitrogen and oxygen atoms in total. The second-order valence-corrected chi connectivity index (χ2v) is 7.15. The van der Waals surface area contributed by atoms with E-state index in [1.54, 1.807) is 45.3 Å². The number of rotatable bonds is 5. The molecule has 0 bridgehead atoms. The molecular formula is C19H23N7O3. The first-order valence-corrected chi connectivity index (χ1v) is 9.50. The number of hydrogen-bond donors (Lipinski definition) is 1. The normalized spacial score (nSPS) is 14.5. The summed E-state index contributed by atoms with van der Waals surface area (Å²) < 4.78 is 8.51. The molecule has 1 aliphatic rings. The van der Waals surface area contributed by atoms with Gasteiger partial charge in [-0.1, -0.05) is 13.8 Å². The Hall–Kier alpha value is -3.27. The number of carbonyl (C=O) groups excluding carboxylic acids is 1. The van der Waals surface area contributed by atoms with Gasteiger partial charge in [0.15, 0.2) is 0 Å². The Kier molecular flexibility index (Phi) is 5.26. The van der Waals surface area contributed by atoms with Crippen molar-refractivity contribution in [1.29, 1.82) is 0 Å². The van der Waals surface area contributed by atoms with Crippen LogP contribution >= 0.6 is 0 Å². The van der Waals surface area contributed by atoms with E-state index in [9.17, 15) is 9.90 Å². The van der Waals surface area contributed by atoms with Crippen LogP contribution in [0.1, 0.15) is 25.3 Å². The van der Waals surface area contributed by atoms with Crippen molar-refractivity contribution in [3.8, 4) is 23.1 Å². The molecule has 1 saturated heterocycles. The van der Waals surface area contributed by atoms with Crippen molar-refractivity contribution in [1.82, 2.24) is 34.2 Å². The molecule has 10 heteroatoms. The van der Waals surface area contributed by atoms with Crippen molar-refractivity contribution < 1.29 is 14.6 Å². The SMILES string of the molecule is CC(C)c1c(O)nc(-n2ccnc2)nc1-c1cnn(CC(=O)N2CCOCC2)c1. The summed E-state index contributed by atoms with van der Waals surface area (Å²) in [5.41, 5.74) is 1.93. The van der Waals surface area contributed by atoms with E-state index >= 15 is 0 Å². The van der Waals surface area contributed by atoms with Crippen LogP contribution in [0.5, 0.6) is 5.88 Å². The highest BCUT2D eigenvalue weighted by molar-refractivity contribution is 5.76. The van der Waals surface area contributed by atoms with Crippen molar-refractivity contribution in [3.05, 3.63) is 36.7 Å². The molecule has 0 atom stereocenters. The third kappa shape index (κ3) is 3.97. The van der Waals surface area contributed by atoms with Crippen molar-refractivity contribution in [3.63, 3.8) is 0 Å². The lowest BCUT2D eigenvalue weighted by molar-refractivity contribution is -0.136. The highest BCUT2D eigenvalue weighted by Crippen LogP contribution is 2.33. The first kappa shape index (κ1) is 19.1. The molecule has 29 heavy (non-hydrogen) atoms. The van der Waals surface area contributed by atoms with Crippen LogP contribution in [0.2, 0.25) is 0 Å². The van der Waals surface area contributed by atoms with E-state index in [4.69, 9.17) is 4.74 Å². The van der Waals surface area contributed by atoms with E-state index in [0.717, 1.165) is 0 Å². The first-order chi connectivity index (χ1) is 14.0.